The van der Waals surface area contributed by atoms with E-state index in [0.29, 0.717) is 0 Å². The second-order valence-corrected chi connectivity index (χ2v) is 4.57. The Balaban J connectivity index is 4.94. The number of carboxylic acids is 2. The highest BCUT2D eigenvalue weighted by atomic mass is 32.2. The number of carboxylic acid groups (broad SMARTS) is 2. The van der Waals surface area contributed by atoms with Crippen LogP contribution in [0.15, 0.2) is 0 Å². The van der Waals surface area contributed by atoms with Crippen LogP contribution in [0.2, 0.25) is 0 Å². The molecular weight excluding hydrogens is 214 g/mol. The Morgan fingerprint density at radius 3 is 2.14 bits per heavy atom. The van der Waals surface area contributed by atoms with Gasteiger partial charge in [0.25, 0.3) is 0 Å². The monoisotopic (exact) mass is 221 g/mol. The molecule has 1 atom stereocenters. The Morgan fingerprint density at radius 2 is 1.86 bits per heavy atom. The number of sulfone groups is 1. The molecule has 0 fully saturated rings. The van der Waals surface area contributed by atoms with Crippen LogP contribution in [0.25, 0.3) is 0 Å². The minimum atomic E-state index is -4.21. The summed E-state index contributed by atoms with van der Waals surface area (Å²) in [6.07, 6.45) is -1.04. The molecule has 0 aliphatic carbocycles. The fraction of sp³-hybridized carbons (Fsp3) is 0.500. The molecule has 0 aromatic carbocycles. The van der Waals surface area contributed by atoms with Crippen molar-refractivity contribution in [1.82, 2.24) is 0 Å². The molecule has 0 aromatic rings. The van der Waals surface area contributed by atoms with E-state index in [1.165, 1.54) is 6.07 Å². The lowest BCUT2D eigenvalue weighted by molar-refractivity contribution is -0.143. The zero-order valence-electron chi connectivity index (χ0n) is 6.87. The van der Waals surface area contributed by atoms with Crippen molar-refractivity contribution in [3.63, 3.8) is 0 Å². The van der Waals surface area contributed by atoms with Crippen LogP contribution in [0.3, 0.4) is 0 Å². The van der Waals surface area contributed by atoms with E-state index in [4.69, 9.17) is 15.5 Å². The van der Waals surface area contributed by atoms with Crippen LogP contribution in [0.5, 0.6) is 0 Å². The number of rotatable bonds is 5. The molecule has 7 nitrogen and oxygen atoms in total. The molecule has 0 rings (SSSR count). The molecule has 0 saturated heterocycles. The van der Waals surface area contributed by atoms with Crippen molar-refractivity contribution in [3.8, 4) is 6.07 Å². The highest BCUT2D eigenvalue weighted by molar-refractivity contribution is 7.93. The van der Waals surface area contributed by atoms with E-state index in [-0.39, 0.29) is 0 Å². The molecule has 0 aromatic heterocycles. The molecule has 0 amide bonds. The summed E-state index contributed by atoms with van der Waals surface area (Å²) in [5, 5.41) is 22.7. The highest BCUT2D eigenvalue weighted by Crippen LogP contribution is 2.07. The number of hydrogen-bond acceptors (Lipinski definition) is 5. The second kappa shape index (κ2) is 4.57. The van der Waals surface area contributed by atoms with E-state index < -0.39 is 39.2 Å². The second-order valence-electron chi connectivity index (χ2n) is 2.39. The third kappa shape index (κ3) is 3.40. The van der Waals surface area contributed by atoms with Gasteiger partial charge in [0, 0.05) is 0 Å². The molecule has 14 heavy (non-hydrogen) atoms. The summed E-state index contributed by atoms with van der Waals surface area (Å²) in [6.45, 7) is 0. The maximum atomic E-state index is 11.0. The third-order valence-electron chi connectivity index (χ3n) is 1.33. The molecule has 2 N–H and O–H groups in total. The Bertz CT molecular complexity index is 378. The van der Waals surface area contributed by atoms with E-state index in [1.54, 1.807) is 0 Å². The summed E-state index contributed by atoms with van der Waals surface area (Å²) in [5.41, 5.74) is 0. The smallest absolute Gasteiger partial charge is 0.322 e. The molecule has 0 saturated carbocycles. The Hall–Kier alpha value is -1.62. The molecule has 0 aliphatic rings. The van der Waals surface area contributed by atoms with Crippen LogP contribution in [0.4, 0.5) is 0 Å². The van der Waals surface area contributed by atoms with Gasteiger partial charge in [-0.25, -0.2) is 8.42 Å². The van der Waals surface area contributed by atoms with E-state index in [2.05, 4.69) is 0 Å². The number of aliphatic carboxylic acids is 2. The molecule has 0 aliphatic heterocycles. The van der Waals surface area contributed by atoms with E-state index >= 15 is 0 Å². The van der Waals surface area contributed by atoms with Crippen LogP contribution < -0.4 is 0 Å². The average Bonchev–Trinajstić information content (AvgIpc) is 1.99. The van der Waals surface area contributed by atoms with Gasteiger partial charge in [-0.15, -0.1) is 0 Å². The topological polar surface area (TPSA) is 133 Å². The number of nitrogens with zero attached hydrogens (tertiary/aromatic N) is 1. The van der Waals surface area contributed by atoms with Crippen LogP contribution in [-0.2, 0) is 19.4 Å². The first-order chi connectivity index (χ1) is 6.31. The number of nitriles is 1. The predicted molar refractivity (Wildman–Crippen MR) is 43.1 cm³/mol. The first kappa shape index (κ1) is 12.4. The van der Waals surface area contributed by atoms with Gasteiger partial charge in [0.05, 0.1) is 12.5 Å². The maximum absolute atomic E-state index is 11.0. The summed E-state index contributed by atoms with van der Waals surface area (Å²) in [5.74, 6) is -4.31. The lowest BCUT2D eigenvalue weighted by Crippen LogP contribution is -2.33. The zero-order chi connectivity index (χ0) is 11.4. The van der Waals surface area contributed by atoms with Crippen molar-refractivity contribution < 1.29 is 28.2 Å². The number of carbonyl (C=O) groups is 2. The summed E-state index contributed by atoms with van der Waals surface area (Å²) >= 11 is 0. The Kier molecular flexibility index (Phi) is 4.04. The predicted octanol–water partition coefficient (Wildman–Crippen LogP) is -1.15. The lowest BCUT2D eigenvalue weighted by Gasteiger charge is -2.07. The van der Waals surface area contributed by atoms with Gasteiger partial charge < -0.3 is 10.2 Å². The molecule has 0 spiro atoms. The number of hydrogen-bond donors (Lipinski definition) is 2. The van der Waals surface area contributed by atoms with Crippen LogP contribution in [0, 0.1) is 11.3 Å². The van der Waals surface area contributed by atoms with Crippen molar-refractivity contribution in [3.05, 3.63) is 0 Å². The van der Waals surface area contributed by atoms with Gasteiger partial charge in [-0.3, -0.25) is 9.59 Å². The molecule has 0 radical (unpaired) electrons. The van der Waals surface area contributed by atoms with Crippen molar-refractivity contribution in [2.24, 2.45) is 0 Å². The van der Waals surface area contributed by atoms with Crippen molar-refractivity contribution >= 4 is 21.8 Å². The maximum Gasteiger partial charge on any atom is 0.322 e. The van der Waals surface area contributed by atoms with Crippen molar-refractivity contribution in [2.75, 3.05) is 5.75 Å². The third-order valence-corrected chi connectivity index (χ3v) is 3.10. The standard InChI is InChI=1S/C6H7NO6S/c7-1-2-14(12,13)4(6(10)11)3-5(8)9/h4H,2-3H2,(H,8,9)(H,10,11). The summed E-state index contributed by atoms with van der Waals surface area (Å²) < 4.78 is 22.1. The Morgan fingerprint density at radius 1 is 1.36 bits per heavy atom. The fourth-order valence-electron chi connectivity index (χ4n) is 0.717. The molecule has 0 heterocycles. The molecule has 1 unspecified atom stereocenters. The highest BCUT2D eigenvalue weighted by Gasteiger charge is 2.34. The first-order valence-corrected chi connectivity index (χ1v) is 5.06. The molecule has 0 bridgehead atoms. The van der Waals surface area contributed by atoms with Gasteiger partial charge in [-0.1, -0.05) is 0 Å². The van der Waals surface area contributed by atoms with Crippen LogP contribution >= 0.6 is 0 Å². The summed E-state index contributed by atoms with van der Waals surface area (Å²) in [6, 6.07) is 1.27. The van der Waals surface area contributed by atoms with Gasteiger partial charge in [-0.2, -0.15) is 5.26 Å². The minimum absolute atomic E-state index is 1.00. The largest absolute Gasteiger partial charge is 0.481 e. The van der Waals surface area contributed by atoms with Gasteiger partial charge in [0.1, 0.15) is 5.75 Å². The zero-order valence-corrected chi connectivity index (χ0v) is 7.69. The molecule has 8 heteroatoms. The summed E-state index contributed by atoms with van der Waals surface area (Å²) in [7, 11) is -4.21. The van der Waals surface area contributed by atoms with E-state index in [0.717, 1.165) is 0 Å². The minimum Gasteiger partial charge on any atom is -0.481 e. The molecule has 78 valence electrons. The van der Waals surface area contributed by atoms with Gasteiger partial charge in [0.15, 0.2) is 15.1 Å². The molecular formula is C6H7NO6S. The van der Waals surface area contributed by atoms with E-state index in [9.17, 15) is 18.0 Å². The quantitative estimate of drug-likeness (QED) is 0.598. The van der Waals surface area contributed by atoms with Gasteiger partial charge in [0.2, 0.25) is 0 Å². The van der Waals surface area contributed by atoms with Crippen molar-refractivity contribution in [2.45, 2.75) is 11.7 Å². The normalized spacial score (nSPS) is 12.8. The van der Waals surface area contributed by atoms with Crippen LogP contribution in [0.1, 0.15) is 6.42 Å². The fourth-order valence-corrected chi connectivity index (χ4v) is 1.80. The lowest BCUT2D eigenvalue weighted by atomic mass is 10.3. The van der Waals surface area contributed by atoms with E-state index in [1.807, 2.05) is 0 Å². The van der Waals surface area contributed by atoms with Crippen LogP contribution in [-0.4, -0.2) is 41.6 Å². The summed E-state index contributed by atoms with van der Waals surface area (Å²) in [4.78, 5) is 20.6. The average molecular weight is 221 g/mol. The van der Waals surface area contributed by atoms with Gasteiger partial charge in [-0.05, 0) is 0 Å². The SMILES string of the molecule is N#CCS(=O)(=O)C(CC(=O)O)C(=O)O. The van der Waals surface area contributed by atoms with Crippen molar-refractivity contribution in [1.29, 1.82) is 5.26 Å². The Labute approximate surface area is 79.5 Å². The van der Waals surface area contributed by atoms with Gasteiger partial charge >= 0.3 is 11.9 Å². The first-order valence-electron chi connectivity index (χ1n) is 3.34.